The van der Waals surface area contributed by atoms with Crippen LogP contribution in [0.1, 0.15) is 38.5 Å². The molecule has 9 N–H and O–H groups in total. The van der Waals surface area contributed by atoms with Crippen LogP contribution in [0, 0.1) is 17.3 Å². The van der Waals surface area contributed by atoms with Gasteiger partial charge in [-0.25, -0.2) is 0 Å². The number of carbonyl (C=O) groups is 3. The van der Waals surface area contributed by atoms with E-state index in [4.69, 9.17) is 22.3 Å². The van der Waals surface area contributed by atoms with E-state index in [1.54, 1.807) is 0 Å². The second kappa shape index (κ2) is 11.0. The third kappa shape index (κ3) is 6.06. The van der Waals surface area contributed by atoms with Crippen molar-refractivity contribution in [3.05, 3.63) is 0 Å². The van der Waals surface area contributed by atoms with E-state index in [9.17, 15) is 24.6 Å². The van der Waals surface area contributed by atoms with E-state index in [2.05, 4.69) is 0 Å². The summed E-state index contributed by atoms with van der Waals surface area (Å²) in [6.07, 6.45) is 0.411. The number of aliphatic carboxylic acids is 3. The predicted molar refractivity (Wildman–Crippen MR) is 87.2 cm³/mol. The SMILES string of the molecule is NCCC(C(CCCC(=O)O)C(=O)O)C(CCN)(CCN)C(=O)O. The van der Waals surface area contributed by atoms with Gasteiger partial charge in [0.25, 0.3) is 0 Å². The highest BCUT2D eigenvalue weighted by molar-refractivity contribution is 5.78. The van der Waals surface area contributed by atoms with Crippen molar-refractivity contribution >= 4 is 17.9 Å². The van der Waals surface area contributed by atoms with Gasteiger partial charge in [-0.3, -0.25) is 14.4 Å². The van der Waals surface area contributed by atoms with E-state index in [-0.39, 0.29) is 58.2 Å². The van der Waals surface area contributed by atoms with Crippen molar-refractivity contribution in [2.45, 2.75) is 38.5 Å². The molecule has 0 spiro atoms. The Kier molecular flexibility index (Phi) is 10.2. The second-order valence-corrected chi connectivity index (χ2v) is 5.95. The van der Waals surface area contributed by atoms with Crippen LogP contribution in [0.4, 0.5) is 0 Å². The topological polar surface area (TPSA) is 190 Å². The Bertz CT molecular complexity index is 423. The summed E-state index contributed by atoms with van der Waals surface area (Å²) in [5.74, 6) is -5.09. The van der Waals surface area contributed by atoms with Crippen LogP contribution in [0.25, 0.3) is 0 Å². The highest BCUT2D eigenvalue weighted by atomic mass is 16.4. The van der Waals surface area contributed by atoms with Crippen molar-refractivity contribution in [2.24, 2.45) is 34.5 Å². The first kappa shape index (κ1) is 22.3. The maximum Gasteiger partial charge on any atom is 0.310 e. The van der Waals surface area contributed by atoms with Crippen LogP contribution in [0.15, 0.2) is 0 Å². The second-order valence-electron chi connectivity index (χ2n) is 5.95. The van der Waals surface area contributed by atoms with Crippen LogP contribution in [-0.4, -0.2) is 52.9 Å². The molecule has 24 heavy (non-hydrogen) atoms. The minimum absolute atomic E-state index is 0.0659. The highest BCUT2D eigenvalue weighted by Gasteiger charge is 2.49. The third-order valence-electron chi connectivity index (χ3n) is 4.50. The number of hydrogen-bond acceptors (Lipinski definition) is 6. The summed E-state index contributed by atoms with van der Waals surface area (Å²) < 4.78 is 0. The Hall–Kier alpha value is -1.71. The van der Waals surface area contributed by atoms with Gasteiger partial charge in [-0.1, -0.05) is 0 Å². The summed E-state index contributed by atoms with van der Waals surface area (Å²) in [6, 6.07) is 0. The van der Waals surface area contributed by atoms with Crippen LogP contribution < -0.4 is 17.2 Å². The van der Waals surface area contributed by atoms with Crippen LogP contribution in [-0.2, 0) is 14.4 Å². The highest BCUT2D eigenvalue weighted by Crippen LogP contribution is 2.43. The zero-order valence-electron chi connectivity index (χ0n) is 13.8. The van der Waals surface area contributed by atoms with Gasteiger partial charge in [-0.05, 0) is 57.7 Å². The Labute approximate surface area is 141 Å². The number of carboxylic acid groups (broad SMARTS) is 3. The van der Waals surface area contributed by atoms with Gasteiger partial charge in [-0.2, -0.15) is 0 Å². The summed E-state index contributed by atoms with van der Waals surface area (Å²) in [4.78, 5) is 34.4. The van der Waals surface area contributed by atoms with E-state index >= 15 is 0 Å². The number of carboxylic acids is 3. The van der Waals surface area contributed by atoms with E-state index in [0.717, 1.165) is 0 Å². The number of rotatable bonds is 14. The van der Waals surface area contributed by atoms with Crippen molar-refractivity contribution < 1.29 is 29.7 Å². The molecular weight excluding hydrogens is 318 g/mol. The van der Waals surface area contributed by atoms with Crippen LogP contribution >= 0.6 is 0 Å². The molecule has 0 saturated heterocycles. The van der Waals surface area contributed by atoms with Crippen LogP contribution in [0.3, 0.4) is 0 Å². The lowest BCUT2D eigenvalue weighted by Crippen LogP contribution is -2.47. The molecule has 0 aromatic heterocycles. The minimum Gasteiger partial charge on any atom is -0.481 e. The predicted octanol–water partition coefficient (Wildman–Crippen LogP) is -0.324. The molecule has 2 atom stereocenters. The number of hydrogen-bond donors (Lipinski definition) is 6. The van der Waals surface area contributed by atoms with E-state index < -0.39 is 35.2 Å². The van der Waals surface area contributed by atoms with Crippen molar-refractivity contribution in [2.75, 3.05) is 19.6 Å². The molecule has 140 valence electrons. The van der Waals surface area contributed by atoms with Gasteiger partial charge < -0.3 is 32.5 Å². The first-order valence-electron chi connectivity index (χ1n) is 8.05. The molecule has 0 aliphatic rings. The molecule has 2 unspecified atom stereocenters. The van der Waals surface area contributed by atoms with Crippen molar-refractivity contribution in [3.8, 4) is 0 Å². The molecule has 9 heteroatoms. The summed E-state index contributed by atoms with van der Waals surface area (Å²) in [5.41, 5.74) is 15.4. The van der Waals surface area contributed by atoms with E-state index in [0.29, 0.717) is 0 Å². The third-order valence-corrected chi connectivity index (χ3v) is 4.50. The fourth-order valence-corrected chi connectivity index (χ4v) is 3.40. The molecule has 0 aromatic carbocycles. The van der Waals surface area contributed by atoms with Gasteiger partial charge in [0.2, 0.25) is 0 Å². The smallest absolute Gasteiger partial charge is 0.310 e. The van der Waals surface area contributed by atoms with Crippen molar-refractivity contribution in [3.63, 3.8) is 0 Å². The Morgan fingerprint density at radius 1 is 0.875 bits per heavy atom. The molecule has 0 bridgehead atoms. The van der Waals surface area contributed by atoms with E-state index in [1.807, 2.05) is 0 Å². The Balaban J connectivity index is 5.70. The van der Waals surface area contributed by atoms with Gasteiger partial charge in [-0.15, -0.1) is 0 Å². The van der Waals surface area contributed by atoms with Gasteiger partial charge in [0.1, 0.15) is 0 Å². The Morgan fingerprint density at radius 3 is 1.75 bits per heavy atom. The molecule has 9 nitrogen and oxygen atoms in total. The quantitative estimate of drug-likeness (QED) is 0.244. The maximum absolute atomic E-state index is 12.0. The average molecular weight is 347 g/mol. The van der Waals surface area contributed by atoms with Gasteiger partial charge in [0, 0.05) is 6.42 Å². The molecule has 0 fully saturated rings. The monoisotopic (exact) mass is 347 g/mol. The lowest BCUT2D eigenvalue weighted by atomic mass is 9.63. The first-order chi connectivity index (χ1) is 11.3. The molecule has 0 aliphatic heterocycles. The van der Waals surface area contributed by atoms with Gasteiger partial charge >= 0.3 is 17.9 Å². The van der Waals surface area contributed by atoms with Crippen molar-refractivity contribution in [1.82, 2.24) is 0 Å². The molecular formula is C15H29N3O6. The van der Waals surface area contributed by atoms with Crippen LogP contribution in [0.5, 0.6) is 0 Å². The Morgan fingerprint density at radius 2 is 1.42 bits per heavy atom. The average Bonchev–Trinajstić information content (AvgIpc) is 2.48. The zero-order valence-corrected chi connectivity index (χ0v) is 13.8. The fraction of sp³-hybridized carbons (Fsp3) is 0.800. The summed E-state index contributed by atoms with van der Waals surface area (Å²) in [7, 11) is 0. The summed E-state index contributed by atoms with van der Waals surface area (Å²) >= 11 is 0. The van der Waals surface area contributed by atoms with Gasteiger partial charge in [0.05, 0.1) is 11.3 Å². The lowest BCUT2D eigenvalue weighted by molar-refractivity contribution is -0.160. The number of nitrogens with two attached hydrogens (primary N) is 3. The maximum atomic E-state index is 12.0. The van der Waals surface area contributed by atoms with Gasteiger partial charge in [0.15, 0.2) is 0 Å². The van der Waals surface area contributed by atoms with E-state index in [1.165, 1.54) is 0 Å². The van der Waals surface area contributed by atoms with Crippen LogP contribution in [0.2, 0.25) is 0 Å². The normalized spacial score (nSPS) is 14.1. The molecule has 0 rings (SSSR count). The zero-order chi connectivity index (χ0) is 18.8. The standard InChI is InChI=1S/C15H29N3O6/c16-7-4-11(10(13(21)22)2-1-3-12(19)20)15(5-8-17,6-9-18)14(23)24/h10-11H,1-9,16-18H2,(H,19,20)(H,21,22)(H,23,24). The molecule has 0 aromatic rings. The molecule has 0 aliphatic carbocycles. The minimum atomic E-state index is -1.38. The van der Waals surface area contributed by atoms with Crippen molar-refractivity contribution in [1.29, 1.82) is 0 Å². The fourth-order valence-electron chi connectivity index (χ4n) is 3.40. The molecule has 0 amide bonds. The molecule has 0 saturated carbocycles. The summed E-state index contributed by atoms with van der Waals surface area (Å²) in [6.45, 7) is 0.279. The largest absolute Gasteiger partial charge is 0.481 e. The lowest BCUT2D eigenvalue weighted by Gasteiger charge is -2.40. The molecule has 0 radical (unpaired) electrons. The summed E-state index contributed by atoms with van der Waals surface area (Å²) in [5, 5.41) is 28.1. The first-order valence-corrected chi connectivity index (χ1v) is 8.05. The molecule has 0 heterocycles.